The molecule has 2 unspecified atom stereocenters. The second kappa shape index (κ2) is 7.70. The molecule has 0 spiro atoms. The van der Waals surface area contributed by atoms with Crippen LogP contribution in [0.1, 0.15) is 27.9 Å². The normalized spacial score (nSPS) is 20.6. The van der Waals surface area contributed by atoms with E-state index in [1.54, 1.807) is 24.5 Å². The van der Waals surface area contributed by atoms with Crippen LogP contribution in [0.3, 0.4) is 0 Å². The Kier molecular flexibility index (Phi) is 4.76. The molecule has 1 aromatic carbocycles. The van der Waals surface area contributed by atoms with E-state index in [1.807, 2.05) is 4.90 Å². The number of likely N-dealkylation sites (tertiary alicyclic amines) is 1. The zero-order chi connectivity index (χ0) is 19.6. The van der Waals surface area contributed by atoms with Gasteiger partial charge >= 0.3 is 0 Å². The highest BCUT2D eigenvalue weighted by Crippen LogP contribution is 2.43. The molecule has 1 amide bonds. The fourth-order valence-corrected chi connectivity index (χ4v) is 4.71. The first kappa shape index (κ1) is 17.9. The zero-order valence-electron chi connectivity index (χ0n) is 16.4. The molecular formula is C25H25N3O. The van der Waals surface area contributed by atoms with Gasteiger partial charge in [-0.25, -0.2) is 0 Å². The van der Waals surface area contributed by atoms with E-state index in [2.05, 4.69) is 64.4 Å². The molecule has 146 valence electrons. The largest absolute Gasteiger partial charge is 0.354 e. The highest BCUT2D eigenvalue weighted by molar-refractivity contribution is 5.94. The molecule has 0 bridgehead atoms. The summed E-state index contributed by atoms with van der Waals surface area (Å²) in [4.78, 5) is 18.8. The number of hydrogen-bond donors (Lipinski definition) is 0. The van der Waals surface area contributed by atoms with Gasteiger partial charge in [-0.15, -0.1) is 0 Å². The molecule has 3 heterocycles. The zero-order valence-corrected chi connectivity index (χ0v) is 16.4. The van der Waals surface area contributed by atoms with Crippen LogP contribution in [-0.2, 0) is 13.0 Å². The van der Waals surface area contributed by atoms with E-state index >= 15 is 0 Å². The first-order valence-electron chi connectivity index (χ1n) is 10.4. The number of carbonyl (C=O) groups excluding carboxylic acids is 1. The van der Waals surface area contributed by atoms with Crippen LogP contribution in [-0.4, -0.2) is 33.4 Å². The lowest BCUT2D eigenvalue weighted by Crippen LogP contribution is -2.29. The number of fused-ring (bicyclic) bond motifs is 1. The minimum Gasteiger partial charge on any atom is -0.354 e. The summed E-state index contributed by atoms with van der Waals surface area (Å²) >= 11 is 0. The van der Waals surface area contributed by atoms with Gasteiger partial charge in [0.1, 0.15) is 0 Å². The van der Waals surface area contributed by atoms with Crippen LogP contribution in [0.4, 0.5) is 0 Å². The Morgan fingerprint density at radius 2 is 1.76 bits per heavy atom. The maximum Gasteiger partial charge on any atom is 0.253 e. The average molecular weight is 383 g/mol. The number of rotatable bonds is 5. The molecule has 2 atom stereocenters. The number of carbonyl (C=O) groups is 1. The summed E-state index contributed by atoms with van der Waals surface area (Å²) in [6, 6.07) is 16.8. The van der Waals surface area contributed by atoms with Crippen molar-refractivity contribution in [3.05, 3.63) is 96.1 Å². The van der Waals surface area contributed by atoms with Gasteiger partial charge in [0.25, 0.3) is 5.91 Å². The van der Waals surface area contributed by atoms with E-state index in [0.29, 0.717) is 11.8 Å². The van der Waals surface area contributed by atoms with Crippen molar-refractivity contribution in [2.24, 2.45) is 11.8 Å². The van der Waals surface area contributed by atoms with Gasteiger partial charge < -0.3 is 9.47 Å². The summed E-state index contributed by atoms with van der Waals surface area (Å²) in [6.45, 7) is 2.67. The van der Waals surface area contributed by atoms with Gasteiger partial charge in [0.2, 0.25) is 0 Å². The van der Waals surface area contributed by atoms with Gasteiger partial charge in [0.15, 0.2) is 0 Å². The van der Waals surface area contributed by atoms with E-state index in [-0.39, 0.29) is 5.91 Å². The fourth-order valence-electron chi connectivity index (χ4n) is 4.71. The van der Waals surface area contributed by atoms with Gasteiger partial charge in [0, 0.05) is 55.9 Å². The molecule has 1 aliphatic carbocycles. The van der Waals surface area contributed by atoms with E-state index < -0.39 is 0 Å². The number of benzene rings is 1. The van der Waals surface area contributed by atoms with Crippen molar-refractivity contribution in [3.63, 3.8) is 0 Å². The molecular weight excluding hydrogens is 358 g/mol. The number of nitrogens with zero attached hydrogens (tertiary/aromatic N) is 3. The van der Waals surface area contributed by atoms with E-state index in [0.717, 1.165) is 38.0 Å². The van der Waals surface area contributed by atoms with Crippen LogP contribution < -0.4 is 0 Å². The monoisotopic (exact) mass is 383 g/mol. The molecule has 4 nitrogen and oxygen atoms in total. The Labute approximate surface area is 171 Å². The van der Waals surface area contributed by atoms with Crippen molar-refractivity contribution in [2.75, 3.05) is 13.1 Å². The number of pyridine rings is 1. The first-order valence-corrected chi connectivity index (χ1v) is 10.4. The van der Waals surface area contributed by atoms with Crippen molar-refractivity contribution >= 4 is 11.5 Å². The molecule has 1 fully saturated rings. The van der Waals surface area contributed by atoms with Gasteiger partial charge in [-0.2, -0.15) is 0 Å². The third-order valence-electron chi connectivity index (χ3n) is 6.31. The molecule has 0 N–H and O–H groups in total. The molecule has 0 saturated carbocycles. The molecule has 29 heavy (non-hydrogen) atoms. The quantitative estimate of drug-likeness (QED) is 0.659. The molecule has 5 rings (SSSR count). The third kappa shape index (κ3) is 3.63. The number of amides is 1. The Morgan fingerprint density at radius 3 is 2.52 bits per heavy atom. The fraction of sp³-hybridized carbons (Fsp3) is 0.280. The van der Waals surface area contributed by atoms with E-state index in [9.17, 15) is 4.79 Å². The lowest BCUT2D eigenvalue weighted by molar-refractivity contribution is 0.0785. The summed E-state index contributed by atoms with van der Waals surface area (Å²) in [5.41, 5.74) is 4.81. The number of aromatic nitrogens is 2. The van der Waals surface area contributed by atoms with Crippen molar-refractivity contribution in [2.45, 2.75) is 19.4 Å². The Hall–Kier alpha value is -3.14. The van der Waals surface area contributed by atoms with Crippen LogP contribution in [0, 0.1) is 11.8 Å². The molecule has 3 aromatic rings. The second-order valence-electron chi connectivity index (χ2n) is 8.08. The van der Waals surface area contributed by atoms with Gasteiger partial charge in [-0.05, 0) is 59.7 Å². The number of aryl methyl sites for hydroxylation is 2. The highest BCUT2D eigenvalue weighted by Gasteiger charge is 2.40. The molecule has 2 aromatic heterocycles. The summed E-state index contributed by atoms with van der Waals surface area (Å²) < 4.78 is 2.21. The predicted octanol–water partition coefficient (Wildman–Crippen LogP) is 4.30. The molecule has 0 radical (unpaired) electrons. The second-order valence-corrected chi connectivity index (χ2v) is 8.08. The Balaban J connectivity index is 1.25. The predicted molar refractivity (Wildman–Crippen MR) is 114 cm³/mol. The van der Waals surface area contributed by atoms with E-state index in [4.69, 9.17) is 0 Å². The number of allylic oxidation sites excluding steroid dienone is 1. The van der Waals surface area contributed by atoms with E-state index in [1.165, 1.54) is 16.7 Å². The maximum atomic E-state index is 12.8. The summed E-state index contributed by atoms with van der Waals surface area (Å²) in [5.74, 6) is 1.12. The standard InChI is InChI=1S/C25H25N3O/c29-25(21-9-12-26-13-10-21)28-17-22-7-8-23(24(22)18-28)20-5-3-19(4-6-20)11-16-27-14-1-2-15-27/h1-6,8-10,12-15,22,24H,7,11,16-18H2. The van der Waals surface area contributed by atoms with Gasteiger partial charge in [0.05, 0.1) is 0 Å². The molecule has 4 heteroatoms. The smallest absolute Gasteiger partial charge is 0.253 e. The third-order valence-corrected chi connectivity index (χ3v) is 6.31. The maximum absolute atomic E-state index is 12.8. The lowest BCUT2D eigenvalue weighted by atomic mass is 9.90. The number of hydrogen-bond acceptors (Lipinski definition) is 2. The topological polar surface area (TPSA) is 38.1 Å². The minimum atomic E-state index is 0.126. The van der Waals surface area contributed by atoms with Gasteiger partial charge in [-0.1, -0.05) is 30.3 Å². The Morgan fingerprint density at radius 1 is 1.00 bits per heavy atom. The van der Waals surface area contributed by atoms with Crippen LogP contribution in [0.25, 0.3) is 5.57 Å². The van der Waals surface area contributed by atoms with Crippen LogP contribution in [0.15, 0.2) is 79.4 Å². The van der Waals surface area contributed by atoms with Gasteiger partial charge in [-0.3, -0.25) is 9.78 Å². The molecule has 1 aliphatic heterocycles. The highest BCUT2D eigenvalue weighted by atomic mass is 16.2. The van der Waals surface area contributed by atoms with Crippen LogP contribution >= 0.6 is 0 Å². The Bertz CT molecular complexity index is 1010. The lowest BCUT2D eigenvalue weighted by Gasteiger charge is -2.18. The molecule has 1 saturated heterocycles. The summed E-state index contributed by atoms with van der Waals surface area (Å²) in [6.07, 6.45) is 12.1. The average Bonchev–Trinajstić information content (AvgIpc) is 3.50. The first-order chi connectivity index (χ1) is 14.3. The summed E-state index contributed by atoms with van der Waals surface area (Å²) in [5, 5.41) is 0. The SMILES string of the molecule is O=C(c1ccncc1)N1CC2CC=C(c3ccc(CCn4cccc4)cc3)C2C1. The van der Waals surface area contributed by atoms with Crippen molar-refractivity contribution < 1.29 is 4.79 Å². The van der Waals surface area contributed by atoms with Crippen LogP contribution in [0.5, 0.6) is 0 Å². The molecule has 2 aliphatic rings. The van der Waals surface area contributed by atoms with Crippen LogP contribution in [0.2, 0.25) is 0 Å². The van der Waals surface area contributed by atoms with Crippen molar-refractivity contribution in [1.29, 1.82) is 0 Å². The summed E-state index contributed by atoms with van der Waals surface area (Å²) in [7, 11) is 0. The van der Waals surface area contributed by atoms with Crippen molar-refractivity contribution in [3.8, 4) is 0 Å². The van der Waals surface area contributed by atoms with Crippen molar-refractivity contribution in [1.82, 2.24) is 14.5 Å². The minimum absolute atomic E-state index is 0.126.